The lowest BCUT2D eigenvalue weighted by atomic mass is 10.0. The molecule has 0 saturated heterocycles. The summed E-state index contributed by atoms with van der Waals surface area (Å²) in [5.41, 5.74) is 2.46. The van der Waals surface area contributed by atoms with Crippen LogP contribution in [0.3, 0.4) is 0 Å². The highest BCUT2D eigenvalue weighted by Gasteiger charge is 2.22. The van der Waals surface area contributed by atoms with E-state index in [9.17, 15) is 4.79 Å². The Kier molecular flexibility index (Phi) is 12.8. The van der Waals surface area contributed by atoms with Crippen molar-refractivity contribution in [3.63, 3.8) is 0 Å². The van der Waals surface area contributed by atoms with Crippen molar-refractivity contribution in [2.45, 2.75) is 84.3 Å². The average Bonchev–Trinajstić information content (AvgIpc) is 2.80. The summed E-state index contributed by atoms with van der Waals surface area (Å²) in [5.74, 6) is 0.720. The van der Waals surface area contributed by atoms with Crippen LogP contribution in [-0.4, -0.2) is 43.8 Å². The van der Waals surface area contributed by atoms with E-state index >= 15 is 0 Å². The van der Waals surface area contributed by atoms with Gasteiger partial charge in [-0.05, 0) is 31.4 Å². The lowest BCUT2D eigenvalue weighted by molar-refractivity contribution is -0.896. The summed E-state index contributed by atoms with van der Waals surface area (Å²) in [7, 11) is 4.10. The van der Waals surface area contributed by atoms with E-state index < -0.39 is 0 Å². The minimum absolute atomic E-state index is 0.187. The number of aryl methyl sites for hydroxylation is 1. The van der Waals surface area contributed by atoms with Gasteiger partial charge in [-0.1, -0.05) is 100 Å². The molecule has 0 spiro atoms. The maximum Gasteiger partial charge on any atom is 0.361 e. The third-order valence-corrected chi connectivity index (χ3v) is 6.09. The highest BCUT2D eigenvalue weighted by Crippen LogP contribution is 2.22. The summed E-state index contributed by atoms with van der Waals surface area (Å²) in [6, 6.07) is 18.5. The molecule has 2 aromatic rings. The van der Waals surface area contributed by atoms with E-state index in [4.69, 9.17) is 9.47 Å². The molecule has 1 atom stereocenters. The molecular formula is C30H46NO3+. The third kappa shape index (κ3) is 11.7. The van der Waals surface area contributed by atoms with Crippen LogP contribution >= 0.6 is 0 Å². The molecule has 0 amide bonds. The number of quaternary nitrogens is 1. The number of esters is 1. The third-order valence-electron chi connectivity index (χ3n) is 6.09. The van der Waals surface area contributed by atoms with Crippen LogP contribution < -0.4 is 4.74 Å². The van der Waals surface area contributed by atoms with Gasteiger partial charge in [0.25, 0.3) is 0 Å². The highest BCUT2D eigenvalue weighted by atomic mass is 16.6. The number of rotatable bonds is 17. The van der Waals surface area contributed by atoms with E-state index in [-0.39, 0.29) is 18.7 Å². The van der Waals surface area contributed by atoms with Crippen molar-refractivity contribution < 1.29 is 18.8 Å². The molecule has 0 aliphatic heterocycles. The fourth-order valence-electron chi connectivity index (χ4n) is 4.26. The Morgan fingerprint density at radius 1 is 0.853 bits per heavy atom. The Balaban J connectivity index is 1.71. The van der Waals surface area contributed by atoms with Crippen LogP contribution in [0.1, 0.15) is 76.3 Å². The summed E-state index contributed by atoms with van der Waals surface area (Å²) in [6.45, 7) is 5.60. The van der Waals surface area contributed by atoms with Crippen molar-refractivity contribution in [2.24, 2.45) is 0 Å². The van der Waals surface area contributed by atoms with E-state index in [2.05, 4.69) is 45.3 Å². The highest BCUT2D eigenvalue weighted by molar-refractivity contribution is 5.70. The van der Waals surface area contributed by atoms with Crippen molar-refractivity contribution in [1.29, 1.82) is 0 Å². The van der Waals surface area contributed by atoms with Gasteiger partial charge in [-0.2, -0.15) is 0 Å². The van der Waals surface area contributed by atoms with Gasteiger partial charge < -0.3 is 14.0 Å². The van der Waals surface area contributed by atoms with Gasteiger partial charge in [0.15, 0.2) is 6.54 Å². The first-order chi connectivity index (χ1) is 16.4. The van der Waals surface area contributed by atoms with E-state index in [1.165, 1.54) is 62.5 Å². The van der Waals surface area contributed by atoms with Gasteiger partial charge in [0.05, 0.1) is 14.1 Å². The SMILES string of the molecule is CCCCCCCCCCc1ccccc1OC(C)COC(=O)C[N+](C)(C)Cc1ccccc1. The number of carbonyl (C=O) groups excluding carboxylic acids is 1. The first-order valence-corrected chi connectivity index (χ1v) is 13.2. The summed E-state index contributed by atoms with van der Waals surface area (Å²) in [5, 5.41) is 0. The number of ether oxygens (including phenoxy) is 2. The zero-order valence-corrected chi connectivity index (χ0v) is 21.9. The van der Waals surface area contributed by atoms with Crippen LogP contribution in [0.5, 0.6) is 5.75 Å². The fourth-order valence-corrected chi connectivity index (χ4v) is 4.26. The van der Waals surface area contributed by atoms with E-state index in [0.29, 0.717) is 11.0 Å². The smallest absolute Gasteiger partial charge is 0.361 e. The van der Waals surface area contributed by atoms with E-state index in [1.807, 2.05) is 37.3 Å². The zero-order valence-electron chi connectivity index (χ0n) is 21.9. The molecule has 0 saturated carbocycles. The topological polar surface area (TPSA) is 35.5 Å². The van der Waals surface area contributed by atoms with Crippen LogP contribution in [0, 0.1) is 0 Å². The Morgan fingerprint density at radius 3 is 2.18 bits per heavy atom. The van der Waals surface area contributed by atoms with Crippen LogP contribution in [0.15, 0.2) is 54.6 Å². The maximum absolute atomic E-state index is 12.5. The Hall–Kier alpha value is -2.33. The number of unbranched alkanes of at least 4 members (excludes halogenated alkanes) is 7. The summed E-state index contributed by atoms with van der Waals surface area (Å²) >= 11 is 0. The molecule has 4 nitrogen and oxygen atoms in total. The number of hydrogen-bond donors (Lipinski definition) is 0. The molecule has 0 heterocycles. The summed E-state index contributed by atoms with van der Waals surface area (Å²) < 4.78 is 12.3. The normalized spacial score (nSPS) is 12.4. The maximum atomic E-state index is 12.5. The van der Waals surface area contributed by atoms with Crippen molar-refractivity contribution >= 4 is 5.97 Å². The lowest BCUT2D eigenvalue weighted by Gasteiger charge is -2.29. The van der Waals surface area contributed by atoms with Crippen LogP contribution in [0.2, 0.25) is 0 Å². The standard InChI is InChI=1S/C30H46NO3/c1-5-6-7-8-9-10-11-15-20-28-21-16-17-22-29(28)34-26(2)25-33-30(32)24-31(3,4)23-27-18-13-12-14-19-27/h12-14,16-19,21-22,26H,5-11,15,20,23-25H2,1-4H3/q+1. The molecule has 0 aliphatic rings. The molecule has 2 aromatic carbocycles. The van der Waals surface area contributed by atoms with E-state index in [0.717, 1.165) is 18.7 Å². The second-order valence-corrected chi connectivity index (χ2v) is 10.2. The Morgan fingerprint density at radius 2 is 1.47 bits per heavy atom. The predicted octanol–water partition coefficient (Wildman–Crippen LogP) is 6.96. The molecule has 2 rings (SSSR count). The number of para-hydroxylation sites is 1. The van der Waals surface area contributed by atoms with Gasteiger partial charge in [0.1, 0.15) is 25.0 Å². The lowest BCUT2D eigenvalue weighted by Crippen LogP contribution is -2.44. The van der Waals surface area contributed by atoms with Crippen LogP contribution in [0.25, 0.3) is 0 Å². The predicted molar refractivity (Wildman–Crippen MR) is 141 cm³/mol. The molecule has 0 aliphatic carbocycles. The van der Waals surface area contributed by atoms with Gasteiger partial charge in [-0.3, -0.25) is 0 Å². The van der Waals surface area contributed by atoms with Crippen molar-refractivity contribution in [3.8, 4) is 5.75 Å². The fraction of sp³-hybridized carbons (Fsp3) is 0.567. The molecule has 0 fully saturated rings. The van der Waals surface area contributed by atoms with Gasteiger partial charge in [0.2, 0.25) is 0 Å². The van der Waals surface area contributed by atoms with Gasteiger partial charge in [-0.25, -0.2) is 4.79 Å². The number of benzene rings is 2. The first kappa shape index (κ1) is 27.9. The van der Waals surface area contributed by atoms with E-state index in [1.54, 1.807) is 0 Å². The second kappa shape index (κ2) is 15.5. The molecule has 0 radical (unpaired) electrons. The minimum atomic E-state index is -0.191. The quantitative estimate of drug-likeness (QED) is 0.143. The van der Waals surface area contributed by atoms with Crippen molar-refractivity contribution in [1.82, 2.24) is 0 Å². The van der Waals surface area contributed by atoms with Crippen molar-refractivity contribution in [3.05, 3.63) is 65.7 Å². The molecule has 34 heavy (non-hydrogen) atoms. The van der Waals surface area contributed by atoms with Gasteiger partial charge in [-0.15, -0.1) is 0 Å². The molecule has 0 bridgehead atoms. The van der Waals surface area contributed by atoms with Crippen LogP contribution in [-0.2, 0) is 22.5 Å². The Bertz CT molecular complexity index is 819. The number of likely N-dealkylation sites (N-methyl/N-ethyl adjacent to an activating group) is 1. The van der Waals surface area contributed by atoms with Gasteiger partial charge in [0, 0.05) is 5.56 Å². The second-order valence-electron chi connectivity index (χ2n) is 10.2. The monoisotopic (exact) mass is 468 g/mol. The molecule has 4 heteroatoms. The molecule has 0 N–H and O–H groups in total. The first-order valence-electron chi connectivity index (χ1n) is 13.2. The largest absolute Gasteiger partial charge is 0.487 e. The van der Waals surface area contributed by atoms with Gasteiger partial charge >= 0.3 is 5.97 Å². The summed E-state index contributed by atoms with van der Waals surface area (Å²) in [4.78, 5) is 12.5. The Labute approximate surface area is 207 Å². The van der Waals surface area contributed by atoms with Crippen molar-refractivity contribution in [2.75, 3.05) is 27.2 Å². The minimum Gasteiger partial charge on any atom is -0.487 e. The summed E-state index contributed by atoms with van der Waals surface area (Å²) in [6.07, 6.45) is 11.4. The zero-order chi connectivity index (χ0) is 24.7. The molecule has 188 valence electrons. The molecular weight excluding hydrogens is 422 g/mol. The number of hydrogen-bond acceptors (Lipinski definition) is 3. The number of carbonyl (C=O) groups is 1. The average molecular weight is 469 g/mol. The van der Waals surface area contributed by atoms with Crippen LogP contribution in [0.4, 0.5) is 0 Å². The molecule has 0 aromatic heterocycles. The number of nitrogens with zero attached hydrogens (tertiary/aromatic N) is 1. The molecule has 1 unspecified atom stereocenters.